The molecule has 6 heteroatoms. The molecular weight excluding hydrogens is 322 g/mol. The van der Waals surface area contributed by atoms with Crippen molar-refractivity contribution in [2.24, 2.45) is 0 Å². The molecule has 1 aliphatic heterocycles. The van der Waals surface area contributed by atoms with E-state index >= 15 is 0 Å². The molecular formula is C19H19NO5. The van der Waals surface area contributed by atoms with Crippen LogP contribution >= 0.6 is 0 Å². The lowest BCUT2D eigenvalue weighted by Crippen LogP contribution is -2.52. The molecule has 0 aromatic heterocycles. The number of benzene rings is 2. The highest BCUT2D eigenvalue weighted by molar-refractivity contribution is 5.97. The van der Waals surface area contributed by atoms with E-state index in [0.717, 1.165) is 5.56 Å². The molecule has 25 heavy (non-hydrogen) atoms. The monoisotopic (exact) mass is 341 g/mol. The predicted molar refractivity (Wildman–Crippen MR) is 91.8 cm³/mol. The highest BCUT2D eigenvalue weighted by Gasteiger charge is 2.42. The standard InChI is InChI=1S/C19H19NO5/c1-12-3-5-13(6-4-12)17-18(19(22)23)25-11-16(21)20(17)14-7-9-15(24-2)10-8-14/h3-10,17-18H,11H2,1-2H3,(H,22,23)/t17-,18+/m1/s1. The number of rotatable bonds is 4. The number of carboxylic acid groups (broad SMARTS) is 1. The maximum Gasteiger partial charge on any atom is 0.335 e. The number of ether oxygens (including phenoxy) is 2. The third kappa shape index (κ3) is 3.34. The first-order chi connectivity index (χ1) is 12.0. The molecule has 130 valence electrons. The molecule has 0 unspecified atom stereocenters. The van der Waals surface area contributed by atoms with Crippen LogP contribution in [-0.4, -0.2) is 36.8 Å². The largest absolute Gasteiger partial charge is 0.497 e. The van der Waals surface area contributed by atoms with Gasteiger partial charge in [-0.1, -0.05) is 29.8 Å². The van der Waals surface area contributed by atoms with Crippen molar-refractivity contribution in [1.29, 1.82) is 0 Å². The predicted octanol–water partition coefficient (Wildman–Crippen LogP) is 2.56. The van der Waals surface area contributed by atoms with Crippen LogP contribution in [0.15, 0.2) is 48.5 Å². The lowest BCUT2D eigenvalue weighted by molar-refractivity contribution is -0.157. The van der Waals surface area contributed by atoms with Gasteiger partial charge in [0.25, 0.3) is 5.91 Å². The Morgan fingerprint density at radius 3 is 2.36 bits per heavy atom. The van der Waals surface area contributed by atoms with Gasteiger partial charge in [-0.15, -0.1) is 0 Å². The van der Waals surface area contributed by atoms with Crippen molar-refractivity contribution in [3.8, 4) is 5.75 Å². The Bertz CT molecular complexity index is 769. The van der Waals surface area contributed by atoms with E-state index in [0.29, 0.717) is 17.0 Å². The van der Waals surface area contributed by atoms with Gasteiger partial charge in [-0.25, -0.2) is 4.79 Å². The van der Waals surface area contributed by atoms with E-state index < -0.39 is 18.1 Å². The van der Waals surface area contributed by atoms with Crippen molar-refractivity contribution in [3.63, 3.8) is 0 Å². The zero-order valence-corrected chi connectivity index (χ0v) is 14.0. The smallest absolute Gasteiger partial charge is 0.335 e. The Hall–Kier alpha value is -2.86. The van der Waals surface area contributed by atoms with Gasteiger partial charge in [0, 0.05) is 5.69 Å². The third-order valence-electron chi connectivity index (χ3n) is 4.23. The average molecular weight is 341 g/mol. The number of nitrogens with zero attached hydrogens (tertiary/aromatic N) is 1. The number of aryl methyl sites for hydroxylation is 1. The third-order valence-corrected chi connectivity index (χ3v) is 4.23. The van der Waals surface area contributed by atoms with E-state index in [2.05, 4.69) is 0 Å². The summed E-state index contributed by atoms with van der Waals surface area (Å²) < 4.78 is 10.5. The first-order valence-electron chi connectivity index (χ1n) is 7.88. The number of methoxy groups -OCH3 is 1. The Morgan fingerprint density at radius 2 is 1.80 bits per heavy atom. The van der Waals surface area contributed by atoms with Gasteiger partial charge < -0.3 is 14.6 Å². The maximum absolute atomic E-state index is 12.5. The summed E-state index contributed by atoms with van der Waals surface area (Å²) >= 11 is 0. The number of morpholine rings is 1. The second kappa shape index (κ2) is 6.94. The van der Waals surface area contributed by atoms with Gasteiger partial charge in [0.2, 0.25) is 0 Å². The van der Waals surface area contributed by atoms with Gasteiger partial charge in [0.15, 0.2) is 6.10 Å². The molecule has 6 nitrogen and oxygen atoms in total. The summed E-state index contributed by atoms with van der Waals surface area (Å²) in [4.78, 5) is 25.7. The van der Waals surface area contributed by atoms with E-state index in [1.807, 2.05) is 31.2 Å². The fraction of sp³-hybridized carbons (Fsp3) is 0.263. The molecule has 1 heterocycles. The van der Waals surface area contributed by atoms with Gasteiger partial charge in [-0.05, 0) is 36.8 Å². The molecule has 1 fully saturated rings. The minimum absolute atomic E-state index is 0.272. The number of amides is 1. The Morgan fingerprint density at radius 1 is 1.16 bits per heavy atom. The molecule has 1 amide bonds. The van der Waals surface area contributed by atoms with Gasteiger partial charge in [0.1, 0.15) is 12.4 Å². The summed E-state index contributed by atoms with van der Waals surface area (Å²) in [6, 6.07) is 13.6. The van der Waals surface area contributed by atoms with Crippen LogP contribution in [0.1, 0.15) is 17.2 Å². The number of carboxylic acids is 1. The quantitative estimate of drug-likeness (QED) is 0.925. The number of carbonyl (C=O) groups excluding carboxylic acids is 1. The molecule has 0 saturated carbocycles. The van der Waals surface area contributed by atoms with Gasteiger partial charge in [0.05, 0.1) is 13.2 Å². The lowest BCUT2D eigenvalue weighted by Gasteiger charge is -2.39. The van der Waals surface area contributed by atoms with E-state index in [1.54, 1.807) is 31.4 Å². The van der Waals surface area contributed by atoms with Gasteiger partial charge in [-0.3, -0.25) is 9.69 Å². The fourth-order valence-corrected chi connectivity index (χ4v) is 2.95. The van der Waals surface area contributed by atoms with E-state index in [9.17, 15) is 14.7 Å². The summed E-state index contributed by atoms with van der Waals surface area (Å²) in [5, 5.41) is 9.57. The van der Waals surface area contributed by atoms with E-state index in [4.69, 9.17) is 9.47 Å². The SMILES string of the molecule is COc1ccc(N2C(=O)CO[C@H](C(=O)O)[C@H]2c2ccc(C)cc2)cc1. The normalized spacial score (nSPS) is 20.4. The minimum atomic E-state index is -1.14. The Labute approximate surface area is 145 Å². The first-order valence-corrected chi connectivity index (χ1v) is 7.88. The highest BCUT2D eigenvalue weighted by atomic mass is 16.5. The van der Waals surface area contributed by atoms with Crippen LogP contribution < -0.4 is 9.64 Å². The molecule has 3 rings (SSSR count). The lowest BCUT2D eigenvalue weighted by atomic mass is 9.96. The Kier molecular flexibility index (Phi) is 4.72. The maximum atomic E-state index is 12.5. The molecule has 0 bridgehead atoms. The molecule has 0 aliphatic carbocycles. The van der Waals surface area contributed by atoms with Crippen LogP contribution in [0.4, 0.5) is 5.69 Å². The second-order valence-electron chi connectivity index (χ2n) is 5.89. The molecule has 2 aromatic rings. The molecule has 2 atom stereocenters. The summed E-state index contributed by atoms with van der Waals surface area (Å²) in [6.45, 7) is 1.67. The van der Waals surface area contributed by atoms with Crippen LogP contribution in [0.5, 0.6) is 5.75 Å². The molecule has 0 radical (unpaired) electrons. The fourth-order valence-electron chi connectivity index (χ4n) is 2.95. The van der Waals surface area contributed by atoms with Crippen LogP contribution in [0, 0.1) is 6.92 Å². The number of anilines is 1. The van der Waals surface area contributed by atoms with Crippen molar-refractivity contribution in [1.82, 2.24) is 0 Å². The number of hydrogen-bond acceptors (Lipinski definition) is 4. The van der Waals surface area contributed by atoms with Gasteiger partial charge >= 0.3 is 5.97 Å². The van der Waals surface area contributed by atoms with Crippen LogP contribution in [0.3, 0.4) is 0 Å². The van der Waals surface area contributed by atoms with Crippen molar-refractivity contribution in [3.05, 3.63) is 59.7 Å². The van der Waals surface area contributed by atoms with E-state index in [-0.39, 0.29) is 12.5 Å². The van der Waals surface area contributed by atoms with Gasteiger partial charge in [-0.2, -0.15) is 0 Å². The molecule has 2 aromatic carbocycles. The average Bonchev–Trinajstić information content (AvgIpc) is 2.62. The zero-order valence-electron chi connectivity index (χ0n) is 14.0. The Balaban J connectivity index is 2.07. The van der Waals surface area contributed by atoms with E-state index in [1.165, 1.54) is 4.90 Å². The molecule has 1 N–H and O–H groups in total. The van der Waals surface area contributed by atoms with Crippen molar-refractivity contribution in [2.45, 2.75) is 19.1 Å². The summed E-state index contributed by atoms with van der Waals surface area (Å²) in [5.74, 6) is -0.726. The molecule has 1 aliphatic rings. The summed E-state index contributed by atoms with van der Waals surface area (Å²) in [7, 11) is 1.56. The second-order valence-corrected chi connectivity index (χ2v) is 5.89. The number of carbonyl (C=O) groups is 2. The summed E-state index contributed by atoms with van der Waals surface area (Å²) in [6.07, 6.45) is -1.14. The number of aliphatic carboxylic acids is 1. The number of hydrogen-bond donors (Lipinski definition) is 1. The molecule has 0 spiro atoms. The molecule has 1 saturated heterocycles. The minimum Gasteiger partial charge on any atom is -0.497 e. The van der Waals surface area contributed by atoms with Crippen molar-refractivity contribution in [2.75, 3.05) is 18.6 Å². The van der Waals surface area contributed by atoms with Crippen LogP contribution in [0.25, 0.3) is 0 Å². The topological polar surface area (TPSA) is 76.1 Å². The highest BCUT2D eigenvalue weighted by Crippen LogP contribution is 2.35. The summed E-state index contributed by atoms with van der Waals surface area (Å²) in [5.41, 5.74) is 2.36. The first kappa shape index (κ1) is 17.0. The van der Waals surface area contributed by atoms with Crippen LogP contribution in [0.2, 0.25) is 0 Å². The van der Waals surface area contributed by atoms with Crippen LogP contribution in [-0.2, 0) is 14.3 Å². The van der Waals surface area contributed by atoms with Crippen molar-refractivity contribution >= 4 is 17.6 Å². The van der Waals surface area contributed by atoms with Crippen molar-refractivity contribution < 1.29 is 24.2 Å². The zero-order chi connectivity index (χ0) is 18.0.